The van der Waals surface area contributed by atoms with Crippen molar-refractivity contribution < 1.29 is 13.9 Å². The molecule has 2 aromatic rings. The summed E-state index contributed by atoms with van der Waals surface area (Å²) in [4.78, 5) is 21.1. The molecule has 2 fully saturated rings. The molecular weight excluding hydrogens is 373 g/mol. The fourth-order valence-electron chi connectivity index (χ4n) is 4.18. The molecule has 2 saturated heterocycles. The van der Waals surface area contributed by atoms with E-state index in [1.165, 1.54) is 0 Å². The lowest BCUT2D eigenvalue weighted by Crippen LogP contribution is -2.55. The summed E-state index contributed by atoms with van der Waals surface area (Å²) in [6.45, 7) is 3.69. The van der Waals surface area contributed by atoms with Crippen LogP contribution in [0.2, 0.25) is 0 Å². The molecule has 2 aliphatic rings. The van der Waals surface area contributed by atoms with E-state index in [4.69, 9.17) is 4.74 Å². The Balaban J connectivity index is 1.56. The number of hydrogen-bond donors (Lipinski definition) is 1. The number of benzene rings is 1. The number of amides is 1. The van der Waals surface area contributed by atoms with Gasteiger partial charge in [0, 0.05) is 36.9 Å². The second-order valence-corrected chi connectivity index (χ2v) is 7.84. The normalized spacial score (nSPS) is 27.7. The lowest BCUT2D eigenvalue weighted by molar-refractivity contribution is -0.138. The number of nitriles is 1. The van der Waals surface area contributed by atoms with Crippen LogP contribution < -0.4 is 10.2 Å². The molecule has 7 nitrogen and oxygen atoms in total. The van der Waals surface area contributed by atoms with Crippen molar-refractivity contribution in [1.82, 2.24) is 15.2 Å². The molecule has 1 N–H and O–H groups in total. The topological polar surface area (TPSA) is 81.5 Å². The molecule has 0 aliphatic carbocycles. The highest BCUT2D eigenvalue weighted by Gasteiger charge is 2.36. The number of hydrogen-bond acceptors (Lipinski definition) is 6. The summed E-state index contributed by atoms with van der Waals surface area (Å²) in [6, 6.07) is 9.06. The number of carbonyl (C=O) groups is 1. The van der Waals surface area contributed by atoms with Crippen LogP contribution >= 0.6 is 0 Å². The minimum absolute atomic E-state index is 0.172. The number of carbonyl (C=O) groups excluding carboxylic acids is 1. The zero-order chi connectivity index (χ0) is 20.5. The fraction of sp³-hybridized carbons (Fsp3) is 0.476. The van der Waals surface area contributed by atoms with E-state index in [0.717, 1.165) is 11.1 Å². The first-order valence-corrected chi connectivity index (χ1v) is 9.77. The van der Waals surface area contributed by atoms with Crippen molar-refractivity contribution in [3.05, 3.63) is 36.0 Å². The van der Waals surface area contributed by atoms with Crippen LogP contribution in [-0.2, 0) is 9.53 Å². The molecule has 1 amide bonds. The average molecular weight is 397 g/mol. The van der Waals surface area contributed by atoms with Crippen LogP contribution in [0.3, 0.4) is 0 Å². The Hall–Kier alpha value is -2.76. The predicted octanol–water partition coefficient (Wildman–Crippen LogP) is 1.47. The van der Waals surface area contributed by atoms with E-state index in [0.29, 0.717) is 37.3 Å². The molecule has 1 aromatic carbocycles. The van der Waals surface area contributed by atoms with E-state index >= 15 is 0 Å². The number of nitrogens with zero attached hydrogens (tertiary/aromatic N) is 4. The molecule has 0 radical (unpaired) electrons. The van der Waals surface area contributed by atoms with E-state index in [2.05, 4.69) is 21.3 Å². The summed E-state index contributed by atoms with van der Waals surface area (Å²) in [5.41, 5.74) is 2.06. The third-order valence-corrected chi connectivity index (χ3v) is 5.52. The first-order chi connectivity index (χ1) is 14.0. The van der Waals surface area contributed by atoms with Gasteiger partial charge in [0.2, 0.25) is 0 Å². The lowest BCUT2D eigenvalue weighted by atomic mass is 10.1. The Bertz CT molecular complexity index is 962. The standard InChI is InChI=1S/C21H24FN5O2/c1-13-9-27(18-6-5-14(8-23)20-15(18)4-3-7-24-20)12-19(29-13)21(28)25-17-11-26(2)10-16(17)22/h3-7,13,16-17,19H,9-12H2,1-2H3,(H,25,28)/t13?,16-,17+,19?/m0/s1. The van der Waals surface area contributed by atoms with Gasteiger partial charge in [0.25, 0.3) is 5.91 Å². The molecule has 29 heavy (non-hydrogen) atoms. The summed E-state index contributed by atoms with van der Waals surface area (Å²) in [7, 11) is 1.84. The highest BCUT2D eigenvalue weighted by molar-refractivity contribution is 5.95. The average Bonchev–Trinajstić information content (AvgIpc) is 3.03. The van der Waals surface area contributed by atoms with Gasteiger partial charge < -0.3 is 19.9 Å². The first kappa shape index (κ1) is 19.6. The maximum absolute atomic E-state index is 14.1. The van der Waals surface area contributed by atoms with Gasteiger partial charge in [0.15, 0.2) is 6.10 Å². The van der Waals surface area contributed by atoms with E-state index in [-0.39, 0.29) is 12.0 Å². The largest absolute Gasteiger partial charge is 0.365 e. The van der Waals surface area contributed by atoms with Crippen LogP contribution in [0.15, 0.2) is 30.5 Å². The molecule has 1 aromatic heterocycles. The maximum Gasteiger partial charge on any atom is 0.251 e. The smallest absolute Gasteiger partial charge is 0.251 e. The number of aromatic nitrogens is 1. The van der Waals surface area contributed by atoms with Crippen LogP contribution in [0, 0.1) is 11.3 Å². The molecule has 4 atom stereocenters. The number of halogens is 1. The van der Waals surface area contributed by atoms with Gasteiger partial charge in [-0.15, -0.1) is 0 Å². The number of alkyl halides is 1. The van der Waals surface area contributed by atoms with Gasteiger partial charge in [-0.25, -0.2) is 4.39 Å². The van der Waals surface area contributed by atoms with Crippen LogP contribution in [0.1, 0.15) is 12.5 Å². The summed E-state index contributed by atoms with van der Waals surface area (Å²) < 4.78 is 20.0. The molecule has 3 heterocycles. The second-order valence-electron chi connectivity index (χ2n) is 7.84. The molecule has 2 aliphatic heterocycles. The summed E-state index contributed by atoms with van der Waals surface area (Å²) in [5.74, 6) is -0.291. The number of pyridine rings is 1. The third-order valence-electron chi connectivity index (χ3n) is 5.52. The number of nitrogens with one attached hydrogen (secondary N) is 1. The maximum atomic E-state index is 14.1. The SMILES string of the molecule is CC1CN(c2ccc(C#N)c3ncccc23)CC(C(=O)N[C@@H]2CN(C)C[C@@H]2F)O1. The summed E-state index contributed by atoms with van der Waals surface area (Å²) in [6.07, 6.45) is -0.278. The fourth-order valence-corrected chi connectivity index (χ4v) is 4.18. The Labute approximate surface area is 169 Å². The van der Waals surface area contributed by atoms with E-state index in [9.17, 15) is 14.4 Å². The quantitative estimate of drug-likeness (QED) is 0.845. The van der Waals surface area contributed by atoms with Crippen LogP contribution in [0.4, 0.5) is 10.1 Å². The highest BCUT2D eigenvalue weighted by atomic mass is 19.1. The van der Waals surface area contributed by atoms with Crippen molar-refractivity contribution >= 4 is 22.5 Å². The van der Waals surface area contributed by atoms with Gasteiger partial charge in [0.1, 0.15) is 12.2 Å². The lowest BCUT2D eigenvalue weighted by Gasteiger charge is -2.38. The predicted molar refractivity (Wildman–Crippen MR) is 107 cm³/mol. The van der Waals surface area contributed by atoms with E-state index in [1.807, 2.05) is 37.1 Å². The Kier molecular flexibility index (Phi) is 5.35. The van der Waals surface area contributed by atoms with Crippen LogP contribution in [0.25, 0.3) is 10.9 Å². The zero-order valence-electron chi connectivity index (χ0n) is 16.5. The number of likely N-dealkylation sites (N-methyl/N-ethyl adjacent to an activating group) is 1. The zero-order valence-corrected chi connectivity index (χ0v) is 16.5. The number of morpholine rings is 1. The molecule has 4 rings (SSSR count). The number of anilines is 1. The van der Waals surface area contributed by atoms with E-state index in [1.54, 1.807) is 12.3 Å². The van der Waals surface area contributed by atoms with Crippen molar-refractivity contribution in [1.29, 1.82) is 5.26 Å². The molecule has 0 spiro atoms. The minimum Gasteiger partial charge on any atom is -0.365 e. The minimum atomic E-state index is -1.07. The van der Waals surface area contributed by atoms with Gasteiger partial charge in [-0.3, -0.25) is 9.78 Å². The van der Waals surface area contributed by atoms with Crippen molar-refractivity contribution in [2.45, 2.75) is 31.3 Å². The van der Waals surface area contributed by atoms with Gasteiger partial charge in [-0.05, 0) is 38.2 Å². The number of rotatable bonds is 3. The van der Waals surface area contributed by atoms with E-state index < -0.39 is 18.3 Å². The Morgan fingerprint density at radius 1 is 1.31 bits per heavy atom. The van der Waals surface area contributed by atoms with Crippen molar-refractivity contribution in [2.75, 3.05) is 38.1 Å². The van der Waals surface area contributed by atoms with Crippen LogP contribution in [-0.4, -0.2) is 73.4 Å². The monoisotopic (exact) mass is 397 g/mol. The summed E-state index contributed by atoms with van der Waals surface area (Å²) in [5, 5.41) is 13.0. The molecular formula is C21H24FN5O2. The molecule has 0 saturated carbocycles. The van der Waals surface area contributed by atoms with Gasteiger partial charge in [-0.1, -0.05) is 0 Å². The Morgan fingerprint density at radius 3 is 2.86 bits per heavy atom. The van der Waals surface area contributed by atoms with Gasteiger partial charge in [-0.2, -0.15) is 5.26 Å². The number of fused-ring (bicyclic) bond motifs is 1. The first-order valence-electron chi connectivity index (χ1n) is 9.77. The van der Waals surface area contributed by atoms with Crippen molar-refractivity contribution in [3.8, 4) is 6.07 Å². The summed E-state index contributed by atoms with van der Waals surface area (Å²) >= 11 is 0. The molecule has 0 bridgehead atoms. The van der Waals surface area contributed by atoms with Crippen molar-refractivity contribution in [2.24, 2.45) is 0 Å². The second kappa shape index (κ2) is 7.93. The molecule has 8 heteroatoms. The molecule has 2 unspecified atom stereocenters. The third kappa shape index (κ3) is 3.88. The van der Waals surface area contributed by atoms with Crippen molar-refractivity contribution in [3.63, 3.8) is 0 Å². The number of ether oxygens (including phenoxy) is 1. The van der Waals surface area contributed by atoms with Crippen LogP contribution in [0.5, 0.6) is 0 Å². The Morgan fingerprint density at radius 2 is 2.14 bits per heavy atom. The highest BCUT2D eigenvalue weighted by Crippen LogP contribution is 2.30. The molecule has 152 valence electrons. The van der Waals surface area contributed by atoms with Gasteiger partial charge in [0.05, 0.1) is 29.8 Å². The number of likely N-dealkylation sites (tertiary alicyclic amines) is 1. The van der Waals surface area contributed by atoms with Gasteiger partial charge >= 0.3 is 0 Å².